The molecule has 11 aromatic carbocycles. The largest absolute Gasteiger partial charge is 0.452 e. The van der Waals surface area contributed by atoms with E-state index in [1.165, 1.54) is 5.56 Å². The number of ketones is 1. The number of halogens is 3. The summed E-state index contributed by atoms with van der Waals surface area (Å²) < 4.78 is 35.0. The molecule has 0 radical (unpaired) electrons. The maximum atomic E-state index is 13.5. The molecule has 18 nitrogen and oxygen atoms in total. The van der Waals surface area contributed by atoms with Crippen LogP contribution < -0.4 is 22.4 Å². The Balaban J connectivity index is 0.000000117. The minimum absolute atomic E-state index is 0.0716. The summed E-state index contributed by atoms with van der Waals surface area (Å²) >= 11 is 10.3. The second kappa shape index (κ2) is 31.2. The molecule has 530 valence electrons. The molecular weight excluding hydrogens is 1560 g/mol. The molecule has 7 aromatic heterocycles. The number of aromatic nitrogens is 6. The van der Waals surface area contributed by atoms with Gasteiger partial charge in [0.15, 0.2) is 22.5 Å². The molecule has 108 heavy (non-hydrogen) atoms. The van der Waals surface area contributed by atoms with Crippen LogP contribution in [0.5, 0.6) is 0 Å². The van der Waals surface area contributed by atoms with Crippen LogP contribution in [-0.2, 0) is 11.3 Å². The van der Waals surface area contributed by atoms with E-state index in [9.17, 15) is 24.0 Å². The molecule has 1 amide bonds. The highest BCUT2D eigenvalue weighted by molar-refractivity contribution is 9.11. The Bertz CT molecular complexity index is 6570. The van der Waals surface area contributed by atoms with E-state index < -0.39 is 6.09 Å². The van der Waals surface area contributed by atoms with Crippen LogP contribution in [0.2, 0.25) is 0 Å². The van der Waals surface area contributed by atoms with E-state index in [1.54, 1.807) is 58.5 Å². The van der Waals surface area contributed by atoms with Crippen LogP contribution in [0.15, 0.2) is 325 Å². The molecule has 0 aliphatic carbocycles. The number of anilines is 1. The molecule has 2 N–H and O–H groups in total. The van der Waals surface area contributed by atoms with Crippen molar-refractivity contribution in [2.75, 3.05) is 26.0 Å². The van der Waals surface area contributed by atoms with Gasteiger partial charge in [-0.2, -0.15) is 15.0 Å². The van der Waals surface area contributed by atoms with E-state index in [2.05, 4.69) is 128 Å². The number of amides is 1. The number of aromatic amines is 1. The lowest BCUT2D eigenvalue weighted by molar-refractivity contribution is 0.101. The van der Waals surface area contributed by atoms with Crippen molar-refractivity contribution in [3.63, 3.8) is 0 Å². The fraction of sp³-hybridized carbons (Fsp3) is 0.0575. The summed E-state index contributed by atoms with van der Waals surface area (Å²) in [5, 5.41) is 5.83. The minimum Gasteiger partial charge on any atom is -0.452 e. The van der Waals surface area contributed by atoms with Crippen molar-refractivity contribution in [3.05, 3.63) is 341 Å². The van der Waals surface area contributed by atoms with Gasteiger partial charge in [-0.3, -0.25) is 19.2 Å². The number of fused-ring (bicyclic) bond motifs is 10. The Morgan fingerprint density at radius 1 is 0.444 bits per heavy atom. The highest BCUT2D eigenvalue weighted by Gasteiger charge is 2.26. The van der Waals surface area contributed by atoms with Crippen LogP contribution in [0.4, 0.5) is 10.5 Å². The van der Waals surface area contributed by atoms with Gasteiger partial charge in [0.25, 0.3) is 0 Å². The highest BCUT2D eigenvalue weighted by Crippen LogP contribution is 2.41. The highest BCUT2D eigenvalue weighted by atomic mass is 79.9. The zero-order chi connectivity index (χ0) is 74.5. The van der Waals surface area contributed by atoms with Crippen LogP contribution in [-0.4, -0.2) is 66.5 Å². The molecule has 0 saturated carbocycles. The SMILES string of the molecule is CCOC(=O)Nc1c(C(=O)c2ccccc2)oc2ccc(Br)cc12.CN(C)Cc1ccc(-c2ccc3oc4c(-c5ccccc5)nc(=O)n(-c5ccccc5)c4c3c2)cc1.O=c1nc(-c2ccccc2)c2oc3ccc(Br)cc3c2[nH]1.O=c1nc(-c2ccccc2)c2oc3ccc(Br)cc3c2n1-c1ccccc1. The fourth-order valence-corrected chi connectivity index (χ4v) is 13.9. The quantitative estimate of drug-likeness (QED) is 0.109. The van der Waals surface area contributed by atoms with Gasteiger partial charge < -0.3 is 32.3 Å². The third kappa shape index (κ3) is 14.7. The zero-order valence-electron chi connectivity index (χ0n) is 57.9. The van der Waals surface area contributed by atoms with E-state index >= 15 is 0 Å². The topological polar surface area (TPSA) is 227 Å². The number of para-hydroxylation sites is 2. The molecule has 0 bridgehead atoms. The first-order valence-corrected chi connectivity index (χ1v) is 36.5. The fourth-order valence-electron chi connectivity index (χ4n) is 12.8. The molecule has 18 aromatic rings. The molecular formula is C87H61Br3N8O10. The molecule has 21 heteroatoms. The normalized spacial score (nSPS) is 11.2. The van der Waals surface area contributed by atoms with E-state index in [0.29, 0.717) is 78.3 Å². The van der Waals surface area contributed by atoms with Gasteiger partial charge in [0.1, 0.15) is 56.1 Å². The third-order valence-electron chi connectivity index (χ3n) is 17.6. The summed E-state index contributed by atoms with van der Waals surface area (Å²) in [7, 11) is 4.13. The molecule has 0 fully saturated rings. The smallest absolute Gasteiger partial charge is 0.411 e. The first kappa shape index (κ1) is 71.0. The Hall–Kier alpha value is -12.7. The lowest BCUT2D eigenvalue weighted by Crippen LogP contribution is -2.22. The number of ether oxygens (including phenoxy) is 1. The lowest BCUT2D eigenvalue weighted by atomic mass is 10.0. The van der Waals surface area contributed by atoms with Crippen molar-refractivity contribution < 1.29 is 32.0 Å². The van der Waals surface area contributed by atoms with Gasteiger partial charge in [-0.25, -0.2) is 19.2 Å². The first-order chi connectivity index (χ1) is 52.6. The molecule has 0 aliphatic rings. The molecule has 0 atom stereocenters. The molecule has 0 saturated heterocycles. The van der Waals surface area contributed by atoms with Crippen LogP contribution in [0.3, 0.4) is 0 Å². The number of carbonyl (C=O) groups is 2. The Labute approximate surface area is 640 Å². The van der Waals surface area contributed by atoms with Gasteiger partial charge in [-0.15, -0.1) is 0 Å². The van der Waals surface area contributed by atoms with Crippen molar-refractivity contribution in [3.8, 4) is 56.3 Å². The van der Waals surface area contributed by atoms with Crippen LogP contribution in [0.1, 0.15) is 28.6 Å². The number of benzene rings is 11. The van der Waals surface area contributed by atoms with E-state index in [4.69, 9.17) is 22.4 Å². The van der Waals surface area contributed by atoms with Gasteiger partial charge in [0, 0.05) is 63.8 Å². The van der Waals surface area contributed by atoms with Gasteiger partial charge >= 0.3 is 23.2 Å². The Morgan fingerprint density at radius 2 is 0.852 bits per heavy atom. The van der Waals surface area contributed by atoms with Gasteiger partial charge in [-0.1, -0.05) is 236 Å². The summed E-state index contributed by atoms with van der Waals surface area (Å²) in [6.45, 7) is 2.83. The van der Waals surface area contributed by atoms with E-state index in [-0.39, 0.29) is 35.2 Å². The second-order valence-corrected chi connectivity index (χ2v) is 27.8. The number of hydrogen-bond acceptors (Lipinski definition) is 14. The first-order valence-electron chi connectivity index (χ1n) is 34.2. The van der Waals surface area contributed by atoms with Crippen LogP contribution >= 0.6 is 47.8 Å². The summed E-state index contributed by atoms with van der Waals surface area (Å²) in [6.07, 6.45) is -0.637. The summed E-state index contributed by atoms with van der Waals surface area (Å²) in [5.74, 6) is -0.239. The minimum atomic E-state index is -0.637. The van der Waals surface area contributed by atoms with Crippen LogP contribution in [0.25, 0.3) is 133 Å². The molecule has 0 spiro atoms. The number of nitrogens with one attached hydrogen (secondary N) is 2. The predicted octanol–water partition coefficient (Wildman–Crippen LogP) is 21.2. The van der Waals surface area contributed by atoms with Crippen molar-refractivity contribution in [1.29, 1.82) is 0 Å². The van der Waals surface area contributed by atoms with Crippen LogP contribution in [0, 0.1) is 0 Å². The van der Waals surface area contributed by atoms with Crippen molar-refractivity contribution in [2.24, 2.45) is 0 Å². The molecule has 7 heterocycles. The molecule has 0 unspecified atom stereocenters. The predicted molar refractivity (Wildman–Crippen MR) is 435 cm³/mol. The van der Waals surface area contributed by atoms with Crippen molar-refractivity contribution in [1.82, 2.24) is 34.0 Å². The summed E-state index contributed by atoms with van der Waals surface area (Å²) in [6, 6.07) is 88.3. The number of nitrogens with zero attached hydrogens (tertiary/aromatic N) is 6. The standard InChI is InChI=1S/C31H25N3O2.C22H13BrN2O2.C18H14BrNO4.C16H9BrN2O2/c1-33(2)20-21-13-15-22(16-14-21)24-17-18-27-26(19-24)29-30(36-27)28(23-9-5-3-6-10-23)32-31(35)34(29)25-11-7-4-8-12-25;23-15-11-12-18-17(13-15)20-21(27-18)19(14-7-3-1-4-8-14)24-22(26)25(20)16-9-5-2-6-10-16;1-2-23-18(22)20-15-13-10-12(19)8-9-14(13)24-17(15)16(21)11-6-4-3-5-7-11;17-10-6-7-12-11(8-10)14-15(21-12)13(18-16(20)19-14)9-4-2-1-3-5-9/h3-19H,20H2,1-2H3;1-13H;3-10H,2H2,1H3,(H,20,22);1-8H,(H,18,19,20). The average Bonchev–Trinajstić information content (AvgIpc) is 1.57. The number of furan rings is 4. The monoisotopic (exact) mass is 1610 g/mol. The second-order valence-electron chi connectivity index (χ2n) is 25.1. The van der Waals surface area contributed by atoms with Crippen molar-refractivity contribution >= 4 is 143 Å². The van der Waals surface area contributed by atoms with Gasteiger partial charge in [0.2, 0.25) is 5.78 Å². The average molecular weight is 1620 g/mol. The maximum Gasteiger partial charge on any atom is 0.411 e. The third-order valence-corrected chi connectivity index (χ3v) is 19.1. The van der Waals surface area contributed by atoms with E-state index in [0.717, 1.165) is 86.3 Å². The number of rotatable bonds is 12. The van der Waals surface area contributed by atoms with Crippen molar-refractivity contribution in [2.45, 2.75) is 13.5 Å². The lowest BCUT2D eigenvalue weighted by Gasteiger charge is -2.11. The number of hydrogen-bond donors (Lipinski definition) is 2. The van der Waals surface area contributed by atoms with Gasteiger partial charge in [-0.05, 0) is 129 Å². The molecule has 0 aliphatic heterocycles. The van der Waals surface area contributed by atoms with Gasteiger partial charge in [0.05, 0.1) is 23.5 Å². The Kier molecular flexibility index (Phi) is 20.5. The van der Waals surface area contributed by atoms with E-state index in [1.807, 2.05) is 200 Å². The zero-order valence-corrected chi connectivity index (χ0v) is 62.6. The molecule has 18 rings (SSSR count). The maximum absolute atomic E-state index is 13.5. The summed E-state index contributed by atoms with van der Waals surface area (Å²) in [4.78, 5) is 80.8. The summed E-state index contributed by atoms with van der Waals surface area (Å²) in [5.41, 5.74) is 15.4. The number of carbonyl (C=O) groups excluding carboxylic acids is 2. The Morgan fingerprint density at radius 3 is 1.34 bits per heavy atom. The number of H-pyrrole nitrogens is 1.